The molecule has 0 atom stereocenters. The minimum Gasteiger partial charge on any atom is -0.348 e. The van der Waals surface area contributed by atoms with E-state index in [1.165, 1.54) is 0 Å². The third kappa shape index (κ3) is 4.13. The molecule has 0 radical (unpaired) electrons. The Kier molecular flexibility index (Phi) is 5.69. The van der Waals surface area contributed by atoms with Crippen LogP contribution in [0, 0.1) is 13.8 Å². The van der Waals surface area contributed by atoms with Gasteiger partial charge in [-0.05, 0) is 64.7 Å². The van der Waals surface area contributed by atoms with Gasteiger partial charge in [-0.3, -0.25) is 9.59 Å². The molecule has 0 aliphatic heterocycles. The van der Waals surface area contributed by atoms with Crippen molar-refractivity contribution in [3.8, 4) is 0 Å². The van der Waals surface area contributed by atoms with Gasteiger partial charge in [0.2, 0.25) is 0 Å². The number of aromatic amines is 1. The smallest absolute Gasteiger partial charge is 0.253 e. The van der Waals surface area contributed by atoms with Gasteiger partial charge in [0.25, 0.3) is 11.5 Å². The summed E-state index contributed by atoms with van der Waals surface area (Å²) >= 11 is 0. The molecule has 0 bridgehead atoms. The first-order valence-electron chi connectivity index (χ1n) is 11.2. The lowest BCUT2D eigenvalue weighted by molar-refractivity contribution is 0.0952. The van der Waals surface area contributed by atoms with Gasteiger partial charge in [-0.2, -0.15) is 5.10 Å². The largest absolute Gasteiger partial charge is 0.348 e. The van der Waals surface area contributed by atoms with Gasteiger partial charge in [0.15, 0.2) is 5.65 Å². The fourth-order valence-corrected chi connectivity index (χ4v) is 4.19. The molecular weight excluding hydrogens is 390 g/mol. The van der Waals surface area contributed by atoms with Crippen molar-refractivity contribution in [2.45, 2.75) is 78.8 Å². The van der Waals surface area contributed by atoms with Crippen molar-refractivity contribution in [3.05, 3.63) is 56.3 Å². The molecule has 164 valence electrons. The number of aryl methyl sites for hydroxylation is 3. The summed E-state index contributed by atoms with van der Waals surface area (Å²) < 4.78 is 1.90. The first kappa shape index (κ1) is 21.3. The molecule has 0 aromatic carbocycles. The van der Waals surface area contributed by atoms with E-state index >= 15 is 0 Å². The van der Waals surface area contributed by atoms with Crippen LogP contribution in [0.5, 0.6) is 0 Å². The van der Waals surface area contributed by atoms with E-state index in [9.17, 15) is 9.59 Å². The number of amides is 1. The lowest BCUT2D eigenvalue weighted by Crippen LogP contribution is -2.28. The van der Waals surface area contributed by atoms with E-state index in [0.29, 0.717) is 17.0 Å². The van der Waals surface area contributed by atoms with Gasteiger partial charge in [0.05, 0.1) is 16.6 Å². The number of carbonyl (C=O) groups excluding carboxylic acids is 1. The minimum absolute atomic E-state index is 0.133. The SMILES string of the molecule is CCCc1cc(C)[nH]c(=O)c1CNC(=O)c1cc(C2CC2)nc2c1c(C)nn2C(C)C. The first-order valence-corrected chi connectivity index (χ1v) is 11.2. The van der Waals surface area contributed by atoms with Gasteiger partial charge in [-0.25, -0.2) is 9.67 Å². The topological polar surface area (TPSA) is 92.7 Å². The molecule has 31 heavy (non-hydrogen) atoms. The average molecular weight is 422 g/mol. The van der Waals surface area contributed by atoms with E-state index in [4.69, 9.17) is 4.98 Å². The van der Waals surface area contributed by atoms with Crippen molar-refractivity contribution in [2.75, 3.05) is 0 Å². The summed E-state index contributed by atoms with van der Waals surface area (Å²) in [6.07, 6.45) is 3.95. The number of carbonyl (C=O) groups is 1. The van der Waals surface area contributed by atoms with Crippen LogP contribution in [0.4, 0.5) is 0 Å². The predicted molar refractivity (Wildman–Crippen MR) is 122 cm³/mol. The summed E-state index contributed by atoms with van der Waals surface area (Å²) in [5.74, 6) is 0.228. The van der Waals surface area contributed by atoms with Crippen molar-refractivity contribution in [3.63, 3.8) is 0 Å². The molecule has 0 unspecified atom stereocenters. The first-order chi connectivity index (χ1) is 14.8. The van der Waals surface area contributed by atoms with Crippen LogP contribution < -0.4 is 10.9 Å². The Labute approximate surface area is 182 Å². The molecule has 3 aromatic rings. The van der Waals surface area contributed by atoms with Crippen molar-refractivity contribution >= 4 is 16.9 Å². The normalized spacial score (nSPS) is 13.9. The maximum absolute atomic E-state index is 13.3. The summed E-state index contributed by atoms with van der Waals surface area (Å²) in [5, 5.41) is 8.44. The zero-order valence-corrected chi connectivity index (χ0v) is 19.0. The quantitative estimate of drug-likeness (QED) is 0.601. The molecule has 3 aromatic heterocycles. The standard InChI is InChI=1S/C24H31N5O2/c1-6-7-17-10-14(4)26-24(31)19(17)12-25-23(30)18-11-20(16-8-9-16)27-22-21(18)15(5)28-29(22)13(2)3/h10-11,13,16H,6-9,12H2,1-5H3,(H,25,30)(H,26,31). The molecule has 2 N–H and O–H groups in total. The second-order valence-electron chi connectivity index (χ2n) is 8.91. The lowest BCUT2D eigenvalue weighted by atomic mass is 10.0. The Hall–Kier alpha value is -2.96. The van der Waals surface area contributed by atoms with Crippen LogP contribution in [0.15, 0.2) is 16.9 Å². The molecule has 7 nitrogen and oxygen atoms in total. The van der Waals surface area contributed by atoms with Crippen molar-refractivity contribution < 1.29 is 4.79 Å². The Morgan fingerprint density at radius 3 is 2.68 bits per heavy atom. The van der Waals surface area contributed by atoms with Crippen molar-refractivity contribution in [1.82, 2.24) is 25.1 Å². The summed E-state index contributed by atoms with van der Waals surface area (Å²) in [6, 6.07) is 4.07. The van der Waals surface area contributed by atoms with E-state index in [1.54, 1.807) is 0 Å². The van der Waals surface area contributed by atoms with Crippen LogP contribution in [-0.4, -0.2) is 25.7 Å². The fraction of sp³-hybridized carbons (Fsp3) is 0.500. The minimum atomic E-state index is -0.192. The summed E-state index contributed by atoms with van der Waals surface area (Å²) in [6.45, 7) is 10.2. The number of hydrogen-bond acceptors (Lipinski definition) is 4. The maximum atomic E-state index is 13.3. The monoisotopic (exact) mass is 421 g/mol. The molecule has 7 heteroatoms. The van der Waals surface area contributed by atoms with Gasteiger partial charge in [0.1, 0.15) is 0 Å². The van der Waals surface area contributed by atoms with Gasteiger partial charge in [0, 0.05) is 35.5 Å². The maximum Gasteiger partial charge on any atom is 0.253 e. The second kappa shape index (κ2) is 8.29. The van der Waals surface area contributed by atoms with Crippen LogP contribution in [0.1, 0.15) is 90.6 Å². The molecule has 1 amide bonds. The number of pyridine rings is 2. The molecule has 1 fully saturated rings. The van der Waals surface area contributed by atoms with E-state index in [0.717, 1.165) is 59.4 Å². The van der Waals surface area contributed by atoms with Gasteiger partial charge in [-0.1, -0.05) is 13.3 Å². The van der Waals surface area contributed by atoms with Crippen molar-refractivity contribution in [1.29, 1.82) is 0 Å². The van der Waals surface area contributed by atoms with E-state index < -0.39 is 0 Å². The van der Waals surface area contributed by atoms with E-state index in [2.05, 4.69) is 36.2 Å². The van der Waals surface area contributed by atoms with Gasteiger partial charge >= 0.3 is 0 Å². The Morgan fingerprint density at radius 1 is 1.29 bits per heavy atom. The highest BCUT2D eigenvalue weighted by atomic mass is 16.1. The molecule has 0 spiro atoms. The third-order valence-electron chi connectivity index (χ3n) is 5.89. The molecule has 0 saturated heterocycles. The Balaban J connectivity index is 1.71. The van der Waals surface area contributed by atoms with Crippen LogP contribution >= 0.6 is 0 Å². The molecule has 4 rings (SSSR count). The molecule has 3 heterocycles. The highest BCUT2D eigenvalue weighted by Crippen LogP contribution is 2.40. The van der Waals surface area contributed by atoms with Crippen LogP contribution in [0.25, 0.3) is 11.0 Å². The lowest BCUT2D eigenvalue weighted by Gasteiger charge is -2.12. The number of aromatic nitrogens is 4. The average Bonchev–Trinajstić information content (AvgIpc) is 3.50. The number of nitrogens with one attached hydrogen (secondary N) is 2. The number of hydrogen-bond donors (Lipinski definition) is 2. The summed E-state index contributed by atoms with van der Waals surface area (Å²) in [4.78, 5) is 33.6. The van der Waals surface area contributed by atoms with Gasteiger partial charge < -0.3 is 10.3 Å². The molecule has 1 saturated carbocycles. The van der Waals surface area contributed by atoms with E-state index in [-0.39, 0.29) is 24.1 Å². The highest BCUT2D eigenvalue weighted by Gasteiger charge is 2.29. The predicted octanol–water partition coefficient (Wildman–Crippen LogP) is 4.08. The van der Waals surface area contributed by atoms with Crippen LogP contribution in [-0.2, 0) is 13.0 Å². The van der Waals surface area contributed by atoms with Crippen molar-refractivity contribution in [2.24, 2.45) is 0 Å². The molecular formula is C24H31N5O2. The molecule has 1 aliphatic carbocycles. The van der Waals surface area contributed by atoms with Crippen LogP contribution in [0.2, 0.25) is 0 Å². The number of H-pyrrole nitrogens is 1. The van der Waals surface area contributed by atoms with E-state index in [1.807, 2.05) is 30.7 Å². The summed E-state index contributed by atoms with van der Waals surface area (Å²) in [7, 11) is 0. The number of nitrogens with zero attached hydrogens (tertiary/aromatic N) is 3. The number of fused-ring (bicyclic) bond motifs is 1. The summed E-state index contributed by atoms with van der Waals surface area (Å²) in [5.41, 5.74) is 5.44. The highest BCUT2D eigenvalue weighted by molar-refractivity contribution is 6.06. The van der Waals surface area contributed by atoms with Crippen LogP contribution in [0.3, 0.4) is 0 Å². The Bertz CT molecular complexity index is 1200. The third-order valence-corrected chi connectivity index (χ3v) is 5.89. The fourth-order valence-electron chi connectivity index (χ4n) is 4.19. The van der Waals surface area contributed by atoms with Gasteiger partial charge in [-0.15, -0.1) is 0 Å². The number of rotatable bonds is 7. The zero-order valence-electron chi connectivity index (χ0n) is 19.0. The Morgan fingerprint density at radius 2 is 2.03 bits per heavy atom. The molecule has 1 aliphatic rings. The second-order valence-corrected chi connectivity index (χ2v) is 8.91. The zero-order chi connectivity index (χ0) is 22.3.